The first-order chi connectivity index (χ1) is 16.3. The van der Waals surface area contributed by atoms with Gasteiger partial charge in [0, 0.05) is 37.5 Å². The van der Waals surface area contributed by atoms with Crippen molar-refractivity contribution in [2.24, 2.45) is 0 Å². The quantitative estimate of drug-likeness (QED) is 0.330. The number of nitro groups is 1. The lowest BCUT2D eigenvalue weighted by molar-refractivity contribution is -0.384. The predicted molar refractivity (Wildman–Crippen MR) is 125 cm³/mol. The van der Waals surface area contributed by atoms with E-state index in [0.717, 1.165) is 17.2 Å². The van der Waals surface area contributed by atoms with Gasteiger partial charge in [-0.2, -0.15) is 5.26 Å². The summed E-state index contributed by atoms with van der Waals surface area (Å²) in [6.07, 6.45) is 0.110. The Labute approximate surface area is 197 Å². The number of carbonyl (C=O) groups is 2. The zero-order valence-corrected chi connectivity index (χ0v) is 19.2. The SMILES string of the molecule is Cc1cc(C)cc(N(CCC#N)C(=O)COC(=O)c2cc([N+](=O)[O-])ccc2N2CCOCC2)c1. The fraction of sp³-hybridized carbons (Fsp3) is 0.375. The molecule has 0 bridgehead atoms. The molecule has 0 unspecified atom stereocenters. The Kier molecular flexibility index (Phi) is 8.16. The first kappa shape index (κ1) is 24.7. The van der Waals surface area contributed by atoms with Crippen LogP contribution in [0.15, 0.2) is 36.4 Å². The standard InChI is InChI=1S/C24H26N4O6/c1-17-12-18(2)14-20(13-17)27(7-3-6-25)23(29)16-34-24(30)21-15-19(28(31)32)4-5-22(21)26-8-10-33-11-9-26/h4-5,12-15H,3,7-11,16H2,1-2H3. The van der Waals surface area contributed by atoms with Gasteiger partial charge in [0.05, 0.1) is 41.9 Å². The number of morpholine rings is 1. The number of aryl methyl sites for hydroxylation is 2. The van der Waals surface area contributed by atoms with Crippen molar-refractivity contribution in [3.05, 3.63) is 63.2 Å². The van der Waals surface area contributed by atoms with E-state index in [1.807, 2.05) is 43.0 Å². The van der Waals surface area contributed by atoms with Crippen LogP contribution in [0.2, 0.25) is 0 Å². The van der Waals surface area contributed by atoms with Crippen LogP contribution in [0, 0.1) is 35.3 Å². The van der Waals surface area contributed by atoms with Crippen LogP contribution in [0.4, 0.5) is 17.1 Å². The Hall–Kier alpha value is -3.97. The van der Waals surface area contributed by atoms with Crippen molar-refractivity contribution in [1.82, 2.24) is 0 Å². The molecule has 1 saturated heterocycles. The number of rotatable bonds is 8. The number of nitriles is 1. The normalized spacial score (nSPS) is 13.1. The topological polar surface area (TPSA) is 126 Å². The Morgan fingerprint density at radius 2 is 1.85 bits per heavy atom. The third-order valence-electron chi connectivity index (χ3n) is 5.36. The molecule has 0 aromatic heterocycles. The molecule has 34 heavy (non-hydrogen) atoms. The van der Waals surface area contributed by atoms with Gasteiger partial charge in [0.1, 0.15) is 0 Å². The van der Waals surface area contributed by atoms with Crippen molar-refractivity contribution < 1.29 is 24.0 Å². The highest BCUT2D eigenvalue weighted by atomic mass is 16.6. The summed E-state index contributed by atoms with van der Waals surface area (Å²) in [5.41, 5.74) is 2.77. The van der Waals surface area contributed by atoms with Gasteiger partial charge in [-0.15, -0.1) is 0 Å². The van der Waals surface area contributed by atoms with Crippen molar-refractivity contribution in [3.63, 3.8) is 0 Å². The minimum absolute atomic E-state index is 0.0128. The van der Waals surface area contributed by atoms with Crippen LogP contribution in [0.3, 0.4) is 0 Å². The second-order valence-electron chi connectivity index (χ2n) is 7.93. The largest absolute Gasteiger partial charge is 0.452 e. The number of hydrogen-bond acceptors (Lipinski definition) is 8. The minimum atomic E-state index is -0.834. The van der Waals surface area contributed by atoms with Gasteiger partial charge in [-0.1, -0.05) is 6.07 Å². The number of carbonyl (C=O) groups excluding carboxylic acids is 2. The summed E-state index contributed by atoms with van der Waals surface area (Å²) in [5, 5.41) is 20.3. The lowest BCUT2D eigenvalue weighted by Gasteiger charge is -2.30. The number of esters is 1. The number of nitro benzene ring substituents is 1. The van der Waals surface area contributed by atoms with Crippen molar-refractivity contribution in [2.45, 2.75) is 20.3 Å². The highest BCUT2D eigenvalue weighted by molar-refractivity contribution is 6.00. The molecule has 1 fully saturated rings. The molecule has 1 aliphatic rings. The van der Waals surface area contributed by atoms with E-state index in [4.69, 9.17) is 14.7 Å². The summed E-state index contributed by atoms with van der Waals surface area (Å²) >= 11 is 0. The molecule has 0 N–H and O–H groups in total. The van der Waals surface area contributed by atoms with Crippen LogP contribution in [0.25, 0.3) is 0 Å². The van der Waals surface area contributed by atoms with Crippen molar-refractivity contribution in [1.29, 1.82) is 5.26 Å². The van der Waals surface area contributed by atoms with Gasteiger partial charge in [0.25, 0.3) is 11.6 Å². The molecule has 0 saturated carbocycles. The van der Waals surface area contributed by atoms with Crippen LogP contribution >= 0.6 is 0 Å². The van der Waals surface area contributed by atoms with Crippen molar-refractivity contribution in [3.8, 4) is 6.07 Å². The van der Waals surface area contributed by atoms with Crippen LogP contribution < -0.4 is 9.80 Å². The predicted octanol–water partition coefficient (Wildman–Crippen LogP) is 3.15. The molecule has 1 aliphatic heterocycles. The van der Waals surface area contributed by atoms with E-state index in [-0.39, 0.29) is 24.2 Å². The number of anilines is 2. The lowest BCUT2D eigenvalue weighted by Crippen LogP contribution is -2.38. The van der Waals surface area contributed by atoms with Gasteiger partial charge < -0.3 is 19.3 Å². The van der Waals surface area contributed by atoms with Gasteiger partial charge in [0.15, 0.2) is 6.61 Å². The summed E-state index contributed by atoms with van der Waals surface area (Å²) in [4.78, 5) is 39.9. The Balaban J connectivity index is 1.81. The molecule has 10 nitrogen and oxygen atoms in total. The van der Waals surface area contributed by atoms with Crippen molar-refractivity contribution >= 4 is 28.9 Å². The fourth-order valence-corrected chi connectivity index (χ4v) is 3.83. The molecule has 0 radical (unpaired) electrons. The van der Waals surface area contributed by atoms with E-state index < -0.39 is 23.4 Å². The second kappa shape index (κ2) is 11.2. The summed E-state index contributed by atoms with van der Waals surface area (Å²) < 4.78 is 10.6. The number of benzene rings is 2. The number of non-ortho nitro benzene ring substituents is 1. The van der Waals surface area contributed by atoms with Crippen LogP contribution in [0.5, 0.6) is 0 Å². The van der Waals surface area contributed by atoms with E-state index in [0.29, 0.717) is 37.7 Å². The summed E-state index contributed by atoms with van der Waals surface area (Å²) in [7, 11) is 0. The number of ether oxygens (including phenoxy) is 2. The lowest BCUT2D eigenvalue weighted by atomic mass is 10.1. The molecule has 1 heterocycles. The third-order valence-corrected chi connectivity index (χ3v) is 5.36. The molecule has 3 rings (SSSR count). The van der Waals surface area contributed by atoms with Crippen molar-refractivity contribution in [2.75, 3.05) is 49.3 Å². The average Bonchev–Trinajstić information content (AvgIpc) is 2.82. The summed E-state index contributed by atoms with van der Waals surface area (Å²) in [5.74, 6) is -1.33. The molecule has 2 aromatic rings. The number of amides is 1. The van der Waals surface area contributed by atoms with E-state index in [9.17, 15) is 19.7 Å². The van der Waals surface area contributed by atoms with E-state index in [2.05, 4.69) is 0 Å². The maximum Gasteiger partial charge on any atom is 0.341 e. The third kappa shape index (κ3) is 6.08. The van der Waals surface area contributed by atoms with E-state index >= 15 is 0 Å². The molecule has 0 aliphatic carbocycles. The molecular formula is C24H26N4O6. The summed E-state index contributed by atoms with van der Waals surface area (Å²) in [6.45, 7) is 5.35. The van der Waals surface area contributed by atoms with Gasteiger partial charge in [-0.05, 0) is 43.2 Å². The zero-order chi connectivity index (χ0) is 24.7. The molecule has 10 heteroatoms. The van der Waals surface area contributed by atoms with Gasteiger partial charge in [0.2, 0.25) is 0 Å². The van der Waals surface area contributed by atoms with Crippen LogP contribution in [0.1, 0.15) is 27.9 Å². The van der Waals surface area contributed by atoms with E-state index in [1.54, 1.807) is 0 Å². The number of nitrogens with zero attached hydrogens (tertiary/aromatic N) is 4. The summed E-state index contributed by atoms with van der Waals surface area (Å²) in [6, 6.07) is 11.6. The van der Waals surface area contributed by atoms with Gasteiger partial charge in [-0.25, -0.2) is 4.79 Å². The maximum atomic E-state index is 13.0. The molecule has 178 valence electrons. The Morgan fingerprint density at radius 3 is 2.47 bits per heavy atom. The maximum absolute atomic E-state index is 13.0. The Morgan fingerprint density at radius 1 is 1.18 bits per heavy atom. The second-order valence-corrected chi connectivity index (χ2v) is 7.93. The first-order valence-electron chi connectivity index (χ1n) is 10.8. The molecule has 0 atom stereocenters. The zero-order valence-electron chi connectivity index (χ0n) is 19.2. The number of hydrogen-bond donors (Lipinski definition) is 0. The average molecular weight is 466 g/mol. The smallest absolute Gasteiger partial charge is 0.341 e. The monoisotopic (exact) mass is 466 g/mol. The minimum Gasteiger partial charge on any atom is -0.452 e. The Bertz CT molecular complexity index is 1100. The highest BCUT2D eigenvalue weighted by Gasteiger charge is 2.25. The fourth-order valence-electron chi connectivity index (χ4n) is 3.83. The van der Waals surface area contributed by atoms with E-state index in [1.165, 1.54) is 17.0 Å². The van der Waals surface area contributed by atoms with Gasteiger partial charge >= 0.3 is 5.97 Å². The first-order valence-corrected chi connectivity index (χ1v) is 10.8. The van der Waals surface area contributed by atoms with Crippen LogP contribution in [-0.2, 0) is 14.3 Å². The van der Waals surface area contributed by atoms with Crippen LogP contribution in [-0.4, -0.2) is 56.3 Å². The highest BCUT2D eigenvalue weighted by Crippen LogP contribution is 2.27. The molecule has 1 amide bonds. The molecular weight excluding hydrogens is 440 g/mol. The molecule has 2 aromatic carbocycles. The van der Waals surface area contributed by atoms with Gasteiger partial charge in [-0.3, -0.25) is 14.9 Å². The molecule has 0 spiro atoms.